The second kappa shape index (κ2) is 9.67. The van der Waals surface area contributed by atoms with Crippen LogP contribution in [0.25, 0.3) is 77.2 Å². The maximum atomic E-state index is 4.97. The number of nitrogens with zero attached hydrogens (tertiary/aromatic N) is 3. The van der Waals surface area contributed by atoms with Crippen LogP contribution < -0.4 is 0 Å². The van der Waals surface area contributed by atoms with E-state index in [-0.39, 0.29) is 5.41 Å². The van der Waals surface area contributed by atoms with Gasteiger partial charge in [-0.15, -0.1) is 0 Å². The molecule has 0 fully saturated rings. The Morgan fingerprint density at radius 1 is 0.422 bits per heavy atom. The van der Waals surface area contributed by atoms with E-state index in [9.17, 15) is 0 Å². The molecule has 5 aromatic carbocycles. The Kier molecular flexibility index (Phi) is 5.54. The van der Waals surface area contributed by atoms with Gasteiger partial charge in [-0.2, -0.15) is 0 Å². The summed E-state index contributed by atoms with van der Waals surface area (Å²) >= 11 is 0. The molecule has 0 bridgehead atoms. The summed E-state index contributed by atoms with van der Waals surface area (Å²) in [5.41, 5.74) is 15.0. The van der Waals surface area contributed by atoms with Gasteiger partial charge in [0, 0.05) is 51.3 Å². The maximum Gasteiger partial charge on any atom is 0.0964 e. The largest absolute Gasteiger partial charge is 0.256 e. The number of para-hydroxylation sites is 1. The highest BCUT2D eigenvalue weighted by Crippen LogP contribution is 2.52. The first-order valence-electron chi connectivity index (χ1n) is 15.4. The van der Waals surface area contributed by atoms with Crippen LogP contribution in [0.3, 0.4) is 0 Å². The first-order valence-corrected chi connectivity index (χ1v) is 15.4. The van der Waals surface area contributed by atoms with Crippen LogP contribution in [-0.4, -0.2) is 15.0 Å². The molecule has 3 heterocycles. The van der Waals surface area contributed by atoms with Crippen LogP contribution in [0.4, 0.5) is 0 Å². The van der Waals surface area contributed by atoms with Crippen LogP contribution in [0.5, 0.6) is 0 Å². The third kappa shape index (κ3) is 3.94. The van der Waals surface area contributed by atoms with Crippen molar-refractivity contribution in [3.8, 4) is 44.5 Å². The van der Waals surface area contributed by atoms with E-state index < -0.39 is 0 Å². The summed E-state index contributed by atoms with van der Waals surface area (Å²) in [7, 11) is 0. The van der Waals surface area contributed by atoms with Gasteiger partial charge in [-0.1, -0.05) is 98.8 Å². The van der Waals surface area contributed by atoms with Gasteiger partial charge in [-0.05, 0) is 80.9 Å². The Morgan fingerprint density at radius 3 is 1.89 bits per heavy atom. The van der Waals surface area contributed by atoms with E-state index in [1.54, 1.807) is 0 Å². The predicted octanol–water partition coefficient (Wildman–Crippen LogP) is 10.6. The Labute approximate surface area is 261 Å². The lowest BCUT2D eigenvalue weighted by atomic mass is 9.78. The topological polar surface area (TPSA) is 38.7 Å². The molecule has 0 unspecified atom stereocenters. The fourth-order valence-corrected chi connectivity index (χ4v) is 7.42. The van der Waals surface area contributed by atoms with E-state index >= 15 is 0 Å². The molecule has 0 saturated carbocycles. The minimum Gasteiger partial charge on any atom is -0.256 e. The normalized spacial score (nSPS) is 13.3. The molecule has 0 spiro atoms. The van der Waals surface area contributed by atoms with E-state index in [4.69, 9.17) is 9.97 Å². The Balaban J connectivity index is 1.31. The zero-order valence-electron chi connectivity index (χ0n) is 25.1. The summed E-state index contributed by atoms with van der Waals surface area (Å²) < 4.78 is 0. The third-order valence-electron chi connectivity index (χ3n) is 9.52. The molecule has 3 heteroatoms. The van der Waals surface area contributed by atoms with Gasteiger partial charge < -0.3 is 0 Å². The highest BCUT2D eigenvalue weighted by atomic mass is 14.7. The molecule has 45 heavy (non-hydrogen) atoms. The minimum absolute atomic E-state index is 0.127. The van der Waals surface area contributed by atoms with E-state index in [1.165, 1.54) is 33.4 Å². The number of aromatic nitrogens is 3. The molecule has 0 aliphatic heterocycles. The summed E-state index contributed by atoms with van der Waals surface area (Å²) in [6, 6.07) is 43.7. The van der Waals surface area contributed by atoms with Gasteiger partial charge >= 0.3 is 0 Å². The van der Waals surface area contributed by atoms with Crippen LogP contribution in [-0.2, 0) is 5.41 Å². The molecule has 0 saturated heterocycles. The van der Waals surface area contributed by atoms with Crippen molar-refractivity contribution in [3.63, 3.8) is 0 Å². The highest BCUT2D eigenvalue weighted by Gasteiger charge is 2.37. The SMILES string of the molecule is CC1(C)c2ccccc2-c2cccc(-c3cc(-c4cnc5c(ccc6cccnc65)c4)cc(-c4cccc5cccnc45)c3)c21. The van der Waals surface area contributed by atoms with E-state index in [1.807, 2.05) is 30.7 Å². The highest BCUT2D eigenvalue weighted by molar-refractivity contribution is 6.04. The predicted molar refractivity (Wildman–Crippen MR) is 186 cm³/mol. The van der Waals surface area contributed by atoms with Crippen LogP contribution in [0, 0.1) is 0 Å². The Morgan fingerprint density at radius 2 is 1.02 bits per heavy atom. The third-order valence-corrected chi connectivity index (χ3v) is 9.52. The van der Waals surface area contributed by atoms with Gasteiger partial charge in [-0.25, -0.2) is 0 Å². The van der Waals surface area contributed by atoms with Gasteiger partial charge in [0.15, 0.2) is 0 Å². The van der Waals surface area contributed by atoms with Crippen molar-refractivity contribution in [2.45, 2.75) is 19.3 Å². The van der Waals surface area contributed by atoms with Crippen molar-refractivity contribution in [2.24, 2.45) is 0 Å². The number of pyridine rings is 3. The van der Waals surface area contributed by atoms with Crippen LogP contribution in [0.1, 0.15) is 25.0 Å². The smallest absolute Gasteiger partial charge is 0.0964 e. The molecule has 0 radical (unpaired) electrons. The molecule has 9 rings (SSSR count). The van der Waals surface area contributed by atoms with Crippen molar-refractivity contribution in [1.82, 2.24) is 15.0 Å². The van der Waals surface area contributed by atoms with Crippen molar-refractivity contribution in [1.29, 1.82) is 0 Å². The number of hydrogen-bond acceptors (Lipinski definition) is 3. The molecule has 0 atom stereocenters. The fraction of sp³-hybridized carbons (Fsp3) is 0.0714. The van der Waals surface area contributed by atoms with E-state index in [0.29, 0.717) is 0 Å². The molecular formula is C42H29N3. The minimum atomic E-state index is -0.127. The lowest BCUT2D eigenvalue weighted by molar-refractivity contribution is 0.662. The molecular weight excluding hydrogens is 546 g/mol. The van der Waals surface area contributed by atoms with Crippen molar-refractivity contribution >= 4 is 32.7 Å². The summed E-state index contributed by atoms with van der Waals surface area (Å²) in [6.45, 7) is 4.71. The fourth-order valence-electron chi connectivity index (χ4n) is 7.42. The van der Waals surface area contributed by atoms with Crippen molar-refractivity contribution in [2.75, 3.05) is 0 Å². The monoisotopic (exact) mass is 575 g/mol. The Hall–Kier alpha value is -5.67. The first-order chi connectivity index (χ1) is 22.1. The lowest BCUT2D eigenvalue weighted by Gasteiger charge is -2.25. The standard InChI is InChI=1S/C42H29N3/c1-42(2)37-16-4-3-12-35(37)36-15-6-13-33(38(36)42)30-22-29(23-31(24-30)34-14-5-9-26-10-7-19-43-39(26)34)32-21-28-18-17-27-11-8-20-44-40(27)41(28)45-25-32/h3-25H,1-2H3. The van der Waals surface area contributed by atoms with Gasteiger partial charge in [-0.3, -0.25) is 15.0 Å². The van der Waals surface area contributed by atoms with Gasteiger partial charge in [0.25, 0.3) is 0 Å². The molecule has 1 aliphatic rings. The molecule has 3 aromatic heterocycles. The maximum absolute atomic E-state index is 4.97. The van der Waals surface area contributed by atoms with Gasteiger partial charge in [0.2, 0.25) is 0 Å². The second-order valence-electron chi connectivity index (χ2n) is 12.5. The number of fused-ring (bicyclic) bond motifs is 7. The summed E-state index contributed by atoms with van der Waals surface area (Å²) in [5, 5.41) is 3.31. The molecule has 1 aliphatic carbocycles. The van der Waals surface area contributed by atoms with Gasteiger partial charge in [0.1, 0.15) is 0 Å². The zero-order chi connectivity index (χ0) is 30.1. The second-order valence-corrected chi connectivity index (χ2v) is 12.5. The molecule has 0 N–H and O–H groups in total. The van der Waals surface area contributed by atoms with Crippen molar-refractivity contribution < 1.29 is 0 Å². The average Bonchev–Trinajstić information content (AvgIpc) is 3.34. The van der Waals surface area contributed by atoms with Gasteiger partial charge in [0.05, 0.1) is 16.6 Å². The lowest BCUT2D eigenvalue weighted by Crippen LogP contribution is -2.16. The molecule has 3 nitrogen and oxygen atoms in total. The molecule has 0 amide bonds. The number of hydrogen-bond donors (Lipinski definition) is 0. The summed E-state index contributed by atoms with van der Waals surface area (Å²) in [6.07, 6.45) is 5.71. The quantitative estimate of drug-likeness (QED) is 0.197. The zero-order valence-corrected chi connectivity index (χ0v) is 25.1. The number of rotatable bonds is 3. The Bertz CT molecular complexity index is 2470. The molecule has 212 valence electrons. The summed E-state index contributed by atoms with van der Waals surface area (Å²) in [5.74, 6) is 0. The van der Waals surface area contributed by atoms with E-state index in [2.05, 4.69) is 128 Å². The van der Waals surface area contributed by atoms with Crippen LogP contribution in [0.2, 0.25) is 0 Å². The van der Waals surface area contributed by atoms with Crippen molar-refractivity contribution in [3.05, 3.63) is 151 Å². The number of benzene rings is 5. The first kappa shape index (κ1) is 25.8. The average molecular weight is 576 g/mol. The molecule has 8 aromatic rings. The van der Waals surface area contributed by atoms with Crippen LogP contribution >= 0.6 is 0 Å². The van der Waals surface area contributed by atoms with E-state index in [0.717, 1.165) is 55.0 Å². The van der Waals surface area contributed by atoms with Crippen LogP contribution in [0.15, 0.2) is 140 Å². The summed E-state index contributed by atoms with van der Waals surface area (Å²) in [4.78, 5) is 14.4.